The first-order chi connectivity index (χ1) is 9.35. The van der Waals surface area contributed by atoms with Crippen LogP contribution in [0.15, 0.2) is 24.3 Å². The molecule has 1 heterocycles. The highest BCUT2D eigenvalue weighted by molar-refractivity contribution is 5.37. The van der Waals surface area contributed by atoms with E-state index in [1.165, 1.54) is 5.56 Å². The van der Waals surface area contributed by atoms with Gasteiger partial charge in [0.1, 0.15) is 11.9 Å². The Morgan fingerprint density at radius 3 is 3.00 bits per heavy atom. The summed E-state index contributed by atoms with van der Waals surface area (Å²) < 4.78 is 6.09. The smallest absolute Gasteiger partial charge is 0.123 e. The third-order valence-corrected chi connectivity index (χ3v) is 3.53. The maximum atomic E-state index is 6.09. The molecule has 1 N–H and O–H groups in total. The summed E-state index contributed by atoms with van der Waals surface area (Å²) in [5, 5.41) is 3.61. The lowest BCUT2D eigenvalue weighted by molar-refractivity contribution is 0.172. The fourth-order valence-electron chi connectivity index (χ4n) is 2.54. The highest BCUT2D eigenvalue weighted by Crippen LogP contribution is 2.30. The molecule has 0 amide bonds. The average Bonchev–Trinajstić information content (AvgIpc) is 2.86. The van der Waals surface area contributed by atoms with E-state index in [1.54, 1.807) is 0 Å². The topological polar surface area (TPSA) is 21.3 Å². The molecule has 0 aromatic heterocycles. The Bertz CT molecular complexity index is 433. The summed E-state index contributed by atoms with van der Waals surface area (Å²) >= 11 is 0. The van der Waals surface area contributed by atoms with E-state index in [9.17, 15) is 0 Å². The van der Waals surface area contributed by atoms with Gasteiger partial charge in [-0.05, 0) is 37.9 Å². The number of para-hydroxylation sites is 1. The number of nitrogens with one attached hydrogen (secondary N) is 1. The molecule has 2 atom stereocenters. The van der Waals surface area contributed by atoms with Crippen molar-refractivity contribution in [2.45, 2.75) is 51.7 Å². The number of fused-ring (bicyclic) bond motifs is 1. The van der Waals surface area contributed by atoms with Crippen LogP contribution in [0.3, 0.4) is 0 Å². The fraction of sp³-hybridized carbons (Fsp3) is 0.529. The molecule has 2 heteroatoms. The van der Waals surface area contributed by atoms with Crippen LogP contribution in [0.5, 0.6) is 5.75 Å². The third-order valence-electron chi connectivity index (χ3n) is 3.53. The molecule has 0 saturated heterocycles. The lowest BCUT2D eigenvalue weighted by Crippen LogP contribution is -2.42. The van der Waals surface area contributed by atoms with Gasteiger partial charge in [-0.1, -0.05) is 25.1 Å². The van der Waals surface area contributed by atoms with Gasteiger partial charge in [0, 0.05) is 18.9 Å². The summed E-state index contributed by atoms with van der Waals surface area (Å²) in [4.78, 5) is 0. The Kier molecular flexibility index (Phi) is 5.30. The quantitative estimate of drug-likeness (QED) is 0.790. The van der Waals surface area contributed by atoms with Crippen LogP contribution in [0.2, 0.25) is 0 Å². The zero-order valence-corrected chi connectivity index (χ0v) is 11.9. The Labute approximate surface area is 116 Å². The minimum absolute atomic E-state index is 0.252. The first-order valence-corrected chi connectivity index (χ1v) is 7.22. The second-order valence-electron chi connectivity index (χ2n) is 4.99. The van der Waals surface area contributed by atoms with Gasteiger partial charge in [0.2, 0.25) is 0 Å². The Morgan fingerprint density at radius 2 is 2.26 bits per heavy atom. The van der Waals surface area contributed by atoms with Gasteiger partial charge < -0.3 is 10.1 Å². The van der Waals surface area contributed by atoms with E-state index in [0.29, 0.717) is 6.04 Å². The molecule has 0 bridgehead atoms. The van der Waals surface area contributed by atoms with E-state index < -0.39 is 0 Å². The van der Waals surface area contributed by atoms with Crippen LogP contribution in [0.1, 0.15) is 38.7 Å². The van der Waals surface area contributed by atoms with E-state index in [-0.39, 0.29) is 6.10 Å². The summed E-state index contributed by atoms with van der Waals surface area (Å²) in [5.74, 6) is 7.18. The Hall–Kier alpha value is -1.46. The van der Waals surface area contributed by atoms with Gasteiger partial charge in [0.15, 0.2) is 0 Å². The Balaban J connectivity index is 1.97. The molecule has 2 nitrogen and oxygen atoms in total. The zero-order chi connectivity index (χ0) is 13.5. The van der Waals surface area contributed by atoms with Crippen molar-refractivity contribution in [3.63, 3.8) is 0 Å². The van der Waals surface area contributed by atoms with Crippen LogP contribution in [0.25, 0.3) is 0 Å². The predicted molar refractivity (Wildman–Crippen MR) is 79.3 cm³/mol. The van der Waals surface area contributed by atoms with Gasteiger partial charge in [-0.15, -0.1) is 11.8 Å². The minimum atomic E-state index is 0.252. The van der Waals surface area contributed by atoms with Crippen molar-refractivity contribution < 1.29 is 4.74 Å². The number of ether oxygens (including phenoxy) is 1. The number of rotatable bonds is 6. The van der Waals surface area contributed by atoms with Gasteiger partial charge >= 0.3 is 0 Å². The third kappa shape index (κ3) is 3.75. The van der Waals surface area contributed by atoms with E-state index in [0.717, 1.165) is 38.0 Å². The van der Waals surface area contributed by atoms with Gasteiger partial charge in [-0.25, -0.2) is 0 Å². The molecule has 1 aromatic carbocycles. The SMILES string of the molecule is CC#CCCC(NCCC)C1Cc2ccccc2O1. The lowest BCUT2D eigenvalue weighted by Gasteiger charge is -2.23. The molecular formula is C17H23NO. The van der Waals surface area contributed by atoms with Crippen molar-refractivity contribution in [2.75, 3.05) is 6.54 Å². The normalized spacial score (nSPS) is 18.1. The van der Waals surface area contributed by atoms with Gasteiger partial charge in [0.25, 0.3) is 0 Å². The summed E-state index contributed by atoms with van der Waals surface area (Å²) in [6.07, 6.45) is 4.41. The standard InChI is InChI=1S/C17H23NO/c1-3-5-6-10-15(18-12-4-2)17-13-14-9-7-8-11-16(14)19-17/h7-9,11,15,17-18H,4,6,10,12-13H2,1-2H3. The van der Waals surface area contributed by atoms with Crippen molar-refractivity contribution in [1.82, 2.24) is 5.32 Å². The molecule has 2 unspecified atom stereocenters. The summed E-state index contributed by atoms with van der Waals surface area (Å²) in [6, 6.07) is 8.75. The van der Waals surface area contributed by atoms with Crippen molar-refractivity contribution in [3.8, 4) is 17.6 Å². The largest absolute Gasteiger partial charge is 0.488 e. The van der Waals surface area contributed by atoms with E-state index in [2.05, 4.69) is 42.3 Å². The van der Waals surface area contributed by atoms with Crippen molar-refractivity contribution in [3.05, 3.63) is 29.8 Å². The van der Waals surface area contributed by atoms with Gasteiger partial charge in [-0.3, -0.25) is 0 Å². The minimum Gasteiger partial charge on any atom is -0.488 e. The first-order valence-electron chi connectivity index (χ1n) is 7.22. The molecule has 1 aromatic rings. The maximum absolute atomic E-state index is 6.09. The number of benzene rings is 1. The van der Waals surface area contributed by atoms with E-state index in [1.807, 2.05) is 13.0 Å². The highest BCUT2D eigenvalue weighted by Gasteiger charge is 2.29. The van der Waals surface area contributed by atoms with Crippen LogP contribution in [0, 0.1) is 11.8 Å². The van der Waals surface area contributed by atoms with Crippen molar-refractivity contribution in [1.29, 1.82) is 0 Å². The molecule has 19 heavy (non-hydrogen) atoms. The molecule has 1 aliphatic heterocycles. The molecular weight excluding hydrogens is 234 g/mol. The number of hydrogen-bond acceptors (Lipinski definition) is 2. The first kappa shape index (κ1) is 14.0. The molecule has 0 fully saturated rings. The average molecular weight is 257 g/mol. The van der Waals surface area contributed by atoms with E-state index >= 15 is 0 Å². The molecule has 0 radical (unpaired) electrons. The summed E-state index contributed by atoms with van der Waals surface area (Å²) in [7, 11) is 0. The van der Waals surface area contributed by atoms with Crippen LogP contribution >= 0.6 is 0 Å². The number of hydrogen-bond donors (Lipinski definition) is 1. The highest BCUT2D eigenvalue weighted by atomic mass is 16.5. The summed E-state index contributed by atoms with van der Waals surface area (Å²) in [6.45, 7) is 5.14. The molecule has 0 aliphatic carbocycles. The zero-order valence-electron chi connectivity index (χ0n) is 11.9. The molecule has 1 aliphatic rings. The monoisotopic (exact) mass is 257 g/mol. The molecule has 2 rings (SSSR count). The maximum Gasteiger partial charge on any atom is 0.123 e. The summed E-state index contributed by atoms with van der Waals surface area (Å²) in [5.41, 5.74) is 1.33. The van der Waals surface area contributed by atoms with Gasteiger partial charge in [-0.2, -0.15) is 0 Å². The van der Waals surface area contributed by atoms with Crippen LogP contribution < -0.4 is 10.1 Å². The van der Waals surface area contributed by atoms with Gasteiger partial charge in [0.05, 0.1) is 0 Å². The van der Waals surface area contributed by atoms with Crippen LogP contribution in [-0.2, 0) is 6.42 Å². The van der Waals surface area contributed by atoms with Crippen molar-refractivity contribution in [2.24, 2.45) is 0 Å². The molecule has 102 valence electrons. The van der Waals surface area contributed by atoms with Crippen LogP contribution in [0.4, 0.5) is 0 Å². The van der Waals surface area contributed by atoms with E-state index in [4.69, 9.17) is 4.74 Å². The Morgan fingerprint density at radius 1 is 1.42 bits per heavy atom. The molecule has 0 spiro atoms. The predicted octanol–water partition coefficient (Wildman–Crippen LogP) is 3.16. The second-order valence-corrected chi connectivity index (χ2v) is 4.99. The lowest BCUT2D eigenvalue weighted by atomic mass is 10.0. The van der Waals surface area contributed by atoms with Crippen LogP contribution in [-0.4, -0.2) is 18.7 Å². The molecule has 0 saturated carbocycles. The van der Waals surface area contributed by atoms with Crippen molar-refractivity contribution >= 4 is 0 Å². The second kappa shape index (κ2) is 7.21. The fourth-order valence-corrected chi connectivity index (χ4v) is 2.54.